The molecule has 1 aromatic carbocycles. The topological polar surface area (TPSA) is 43.1 Å². The number of hydrogen-bond donors (Lipinski definition) is 0. The first-order valence-corrected chi connectivity index (χ1v) is 9.13. The van der Waals surface area contributed by atoms with Gasteiger partial charge in [-0.05, 0) is 34.4 Å². The second-order valence-electron chi connectivity index (χ2n) is 7.34. The molecule has 6 rings (SSSR count). The van der Waals surface area contributed by atoms with E-state index in [0.29, 0.717) is 11.3 Å². The molecule has 1 aromatic rings. The van der Waals surface area contributed by atoms with Crippen LogP contribution < -0.4 is 0 Å². The lowest BCUT2D eigenvalue weighted by atomic mass is 9.63. The number of carbonyl (C=O) groups excluding carboxylic acids is 1. The summed E-state index contributed by atoms with van der Waals surface area (Å²) in [6.45, 7) is 0. The Labute approximate surface area is 156 Å². The monoisotopic (exact) mass is 349 g/mol. The summed E-state index contributed by atoms with van der Waals surface area (Å²) in [5, 5.41) is 12.9. The summed E-state index contributed by atoms with van der Waals surface area (Å²) < 4.78 is 0.804. The molecule has 1 aliphatic heterocycles. The Morgan fingerprint density at radius 3 is 2.41 bits per heavy atom. The fourth-order valence-corrected chi connectivity index (χ4v) is 4.83. The number of hydrogen-bond acceptors (Lipinski definition) is 2. The minimum atomic E-state index is -0.190. The fourth-order valence-electron chi connectivity index (χ4n) is 4.83. The Morgan fingerprint density at radius 1 is 0.815 bits per heavy atom. The number of allylic oxidation sites excluding steroid dienone is 14. The zero-order valence-corrected chi connectivity index (χ0v) is 14.4. The van der Waals surface area contributed by atoms with Gasteiger partial charge in [0.15, 0.2) is 0 Å². The summed E-state index contributed by atoms with van der Waals surface area (Å²) >= 11 is 0. The molecule has 0 N–H and O–H groups in total. The molecule has 27 heavy (non-hydrogen) atoms. The maximum absolute atomic E-state index is 13.0. The van der Waals surface area contributed by atoms with Crippen LogP contribution in [0, 0.1) is 17.0 Å². The number of carbonyl (C=O) groups is 1. The predicted molar refractivity (Wildman–Crippen MR) is 105 cm³/mol. The lowest BCUT2D eigenvalue weighted by Crippen LogP contribution is -2.31. The van der Waals surface area contributed by atoms with E-state index >= 15 is 0 Å². The van der Waals surface area contributed by atoms with E-state index in [1.807, 2.05) is 6.08 Å². The van der Waals surface area contributed by atoms with Crippen LogP contribution in [0.3, 0.4) is 0 Å². The lowest BCUT2D eigenvalue weighted by molar-refractivity contribution is -0.355. The molecule has 0 saturated heterocycles. The Hall–Kier alpha value is -3.46. The molecule has 2 unspecified atom stereocenters. The van der Waals surface area contributed by atoms with Crippen LogP contribution >= 0.6 is 0 Å². The van der Waals surface area contributed by atoms with E-state index in [1.165, 1.54) is 16.7 Å². The van der Waals surface area contributed by atoms with Crippen molar-refractivity contribution in [1.29, 1.82) is 0 Å². The van der Waals surface area contributed by atoms with Crippen LogP contribution in [0.25, 0.3) is 0 Å². The highest BCUT2D eigenvalue weighted by atomic mass is 16.5. The molecule has 0 spiro atoms. The summed E-state index contributed by atoms with van der Waals surface area (Å²) in [6.07, 6.45) is 18.9. The van der Waals surface area contributed by atoms with Gasteiger partial charge in [-0.25, -0.2) is 0 Å². The molecule has 5 aliphatic rings. The average Bonchev–Trinajstić information content (AvgIpc) is 2.97. The highest BCUT2D eigenvalue weighted by Crippen LogP contribution is 2.50. The first-order valence-electron chi connectivity index (χ1n) is 9.13. The number of nitrogens with zero attached hydrogens (tertiary/aromatic N) is 1. The van der Waals surface area contributed by atoms with Crippen molar-refractivity contribution in [2.45, 2.75) is 0 Å². The third-order valence-corrected chi connectivity index (χ3v) is 6.04. The zero-order chi connectivity index (χ0) is 18.1. The van der Waals surface area contributed by atoms with E-state index in [2.05, 4.69) is 48.6 Å². The fraction of sp³-hybridized carbons (Fsp3) is 0.0833. The van der Waals surface area contributed by atoms with Gasteiger partial charge in [0.05, 0.1) is 5.57 Å². The Balaban J connectivity index is 1.59. The van der Waals surface area contributed by atoms with Crippen molar-refractivity contribution in [1.82, 2.24) is 0 Å². The normalized spacial score (nSPS) is 26.7. The quantitative estimate of drug-likeness (QED) is 0.553. The molecule has 0 aromatic heterocycles. The van der Waals surface area contributed by atoms with Crippen molar-refractivity contribution in [3.8, 4) is 0 Å². The van der Waals surface area contributed by atoms with E-state index in [9.17, 15) is 10.0 Å². The van der Waals surface area contributed by atoms with Crippen molar-refractivity contribution in [3.05, 3.63) is 118 Å². The largest absolute Gasteiger partial charge is 0.618 e. The molecule has 2 atom stereocenters. The molecule has 128 valence electrons. The van der Waals surface area contributed by atoms with Crippen LogP contribution in [0.4, 0.5) is 5.69 Å². The minimum Gasteiger partial charge on any atom is -0.618 e. The van der Waals surface area contributed by atoms with Gasteiger partial charge in [0.2, 0.25) is 5.69 Å². The van der Waals surface area contributed by atoms with Crippen LogP contribution in [-0.4, -0.2) is 16.2 Å². The van der Waals surface area contributed by atoms with Crippen molar-refractivity contribution in [2.24, 2.45) is 11.8 Å². The van der Waals surface area contributed by atoms with Crippen molar-refractivity contribution >= 4 is 17.2 Å². The van der Waals surface area contributed by atoms with Gasteiger partial charge < -0.3 is 5.21 Å². The van der Waals surface area contributed by atoms with Crippen LogP contribution in [0.15, 0.2) is 107 Å². The number of rotatable bonds is 1. The molecule has 0 amide bonds. The summed E-state index contributed by atoms with van der Waals surface area (Å²) in [5.41, 5.74) is 6.75. The Kier molecular flexibility index (Phi) is 2.74. The molecule has 0 fully saturated rings. The van der Waals surface area contributed by atoms with Crippen molar-refractivity contribution < 1.29 is 9.53 Å². The van der Waals surface area contributed by atoms with Gasteiger partial charge >= 0.3 is 0 Å². The maximum atomic E-state index is 13.0. The van der Waals surface area contributed by atoms with Gasteiger partial charge in [0, 0.05) is 17.9 Å². The third-order valence-electron chi connectivity index (χ3n) is 6.04. The van der Waals surface area contributed by atoms with Crippen LogP contribution in [0.2, 0.25) is 0 Å². The van der Waals surface area contributed by atoms with E-state index in [-0.39, 0.29) is 23.3 Å². The van der Waals surface area contributed by atoms with Gasteiger partial charge in [-0.2, -0.15) is 4.74 Å². The molecule has 0 bridgehead atoms. The molecule has 0 saturated carbocycles. The summed E-state index contributed by atoms with van der Waals surface area (Å²) in [7, 11) is 0. The maximum Gasteiger partial charge on any atom is 0.273 e. The van der Waals surface area contributed by atoms with Gasteiger partial charge in [-0.1, -0.05) is 60.7 Å². The smallest absolute Gasteiger partial charge is 0.273 e. The summed E-state index contributed by atoms with van der Waals surface area (Å²) in [5.74, 6) is 0.225. The molecule has 0 radical (unpaired) electrons. The molecular weight excluding hydrogens is 334 g/mol. The minimum absolute atomic E-state index is 0.156. The molecule has 4 aliphatic carbocycles. The standard InChI is InChI=1S/C24H15NO2/c26-24-19-6-1-2-7-20(19)25(27)23(24)18-13-11-16-9-8-14-4-3-5-15-10-12-17(18)22(16)21(14)15/h1-13,21-22H. The van der Waals surface area contributed by atoms with Crippen molar-refractivity contribution in [3.63, 3.8) is 0 Å². The zero-order valence-electron chi connectivity index (χ0n) is 14.4. The highest BCUT2D eigenvalue weighted by molar-refractivity contribution is 6.52. The Morgan fingerprint density at radius 2 is 1.56 bits per heavy atom. The number of Topliss-reactive ketones (excluding diaryl/α,β-unsaturated/α-hetero) is 1. The first-order chi connectivity index (χ1) is 13.2. The molecule has 1 heterocycles. The molecular formula is C24H15NO2. The number of ketones is 1. The molecule has 3 heteroatoms. The van der Waals surface area contributed by atoms with Gasteiger partial charge in [-0.3, -0.25) is 4.79 Å². The van der Waals surface area contributed by atoms with E-state index in [0.717, 1.165) is 15.9 Å². The van der Waals surface area contributed by atoms with Crippen LogP contribution in [0.1, 0.15) is 10.4 Å². The van der Waals surface area contributed by atoms with E-state index < -0.39 is 0 Å². The number of benzene rings is 1. The van der Waals surface area contributed by atoms with Gasteiger partial charge in [0.25, 0.3) is 11.5 Å². The number of para-hydroxylation sites is 1. The third kappa shape index (κ3) is 1.81. The van der Waals surface area contributed by atoms with Gasteiger partial charge in [-0.15, -0.1) is 0 Å². The highest BCUT2D eigenvalue weighted by Gasteiger charge is 2.43. The summed E-state index contributed by atoms with van der Waals surface area (Å²) in [6, 6.07) is 7.03. The van der Waals surface area contributed by atoms with E-state index in [1.54, 1.807) is 24.3 Å². The Bertz CT molecular complexity index is 1190. The number of fused-ring (bicyclic) bond motifs is 1. The summed E-state index contributed by atoms with van der Waals surface area (Å²) in [4.78, 5) is 13.0. The SMILES string of the molecule is O=C1C(C2=C3C=CC4=CC=CC5=CC=C(C=C2)C3C45)=[N+]([O-])c2ccccc21. The molecule has 3 nitrogen and oxygen atoms in total. The first kappa shape index (κ1) is 14.7. The van der Waals surface area contributed by atoms with Crippen molar-refractivity contribution in [2.75, 3.05) is 0 Å². The van der Waals surface area contributed by atoms with Gasteiger partial charge in [0.1, 0.15) is 5.56 Å². The van der Waals surface area contributed by atoms with E-state index in [4.69, 9.17) is 0 Å². The second kappa shape index (κ2) is 5.04. The van der Waals surface area contributed by atoms with Crippen LogP contribution in [-0.2, 0) is 0 Å². The predicted octanol–water partition coefficient (Wildman–Crippen LogP) is 4.50. The average molecular weight is 349 g/mol. The second-order valence-corrected chi connectivity index (χ2v) is 7.34. The lowest BCUT2D eigenvalue weighted by Gasteiger charge is -2.40. The van der Waals surface area contributed by atoms with Crippen LogP contribution in [0.5, 0.6) is 0 Å².